The molecule has 166 valence electrons. The van der Waals surface area contributed by atoms with E-state index < -0.39 is 5.54 Å². The highest BCUT2D eigenvalue weighted by Gasteiger charge is 2.47. The van der Waals surface area contributed by atoms with Crippen molar-refractivity contribution in [1.82, 2.24) is 4.90 Å². The summed E-state index contributed by atoms with van der Waals surface area (Å²) in [4.78, 5) is 20.4. The molecule has 1 saturated carbocycles. The average molecular weight is 430 g/mol. The van der Waals surface area contributed by atoms with Crippen LogP contribution in [0, 0.1) is 11.3 Å². The second kappa shape index (κ2) is 9.99. The first-order valence-electron chi connectivity index (χ1n) is 11.7. The molecule has 1 heterocycles. The molecule has 2 aromatic carbocycles. The summed E-state index contributed by atoms with van der Waals surface area (Å²) in [5.74, 6) is 1.87. The lowest BCUT2D eigenvalue weighted by atomic mass is 9.82. The number of nitriles is 1. The number of ether oxygens (including phenoxy) is 1. The third-order valence-corrected chi connectivity index (χ3v) is 6.50. The van der Waals surface area contributed by atoms with E-state index in [2.05, 4.69) is 31.2 Å². The van der Waals surface area contributed by atoms with Crippen molar-refractivity contribution in [3.05, 3.63) is 54.1 Å². The Morgan fingerprint density at radius 2 is 1.88 bits per heavy atom. The number of nitrogens with zero attached hydrogens (tertiary/aromatic N) is 3. The van der Waals surface area contributed by atoms with E-state index in [-0.39, 0.29) is 12.5 Å². The van der Waals surface area contributed by atoms with Crippen LogP contribution in [-0.4, -0.2) is 28.8 Å². The lowest BCUT2D eigenvalue weighted by Gasteiger charge is -2.29. The molecule has 1 aliphatic heterocycles. The third-order valence-electron chi connectivity index (χ3n) is 6.50. The van der Waals surface area contributed by atoms with Crippen molar-refractivity contribution in [3.63, 3.8) is 0 Å². The predicted molar refractivity (Wildman–Crippen MR) is 126 cm³/mol. The van der Waals surface area contributed by atoms with Crippen LogP contribution in [0.5, 0.6) is 5.75 Å². The van der Waals surface area contributed by atoms with Gasteiger partial charge < -0.3 is 4.74 Å². The summed E-state index contributed by atoms with van der Waals surface area (Å²) in [7, 11) is 0. The van der Waals surface area contributed by atoms with Crippen molar-refractivity contribution < 1.29 is 9.53 Å². The van der Waals surface area contributed by atoms with E-state index >= 15 is 0 Å². The second-order valence-corrected chi connectivity index (χ2v) is 8.79. The molecule has 2 aromatic rings. The van der Waals surface area contributed by atoms with Gasteiger partial charge in [-0.15, -0.1) is 0 Å². The molecule has 1 aliphatic carbocycles. The SMILES string of the molecule is CCCCC1=NC2(CCCCC2)C(=O)N1Cc1ccc(-c2cccc(OCC#N)c2)cc1. The van der Waals surface area contributed by atoms with Gasteiger partial charge in [0.1, 0.15) is 23.2 Å². The molecule has 1 amide bonds. The maximum atomic E-state index is 13.4. The molecule has 0 saturated heterocycles. The van der Waals surface area contributed by atoms with E-state index in [1.54, 1.807) is 0 Å². The van der Waals surface area contributed by atoms with Gasteiger partial charge in [-0.25, -0.2) is 0 Å². The van der Waals surface area contributed by atoms with Crippen molar-refractivity contribution in [2.45, 2.75) is 70.4 Å². The molecule has 5 heteroatoms. The molecule has 2 aliphatic rings. The van der Waals surface area contributed by atoms with Crippen molar-refractivity contribution >= 4 is 11.7 Å². The topological polar surface area (TPSA) is 65.7 Å². The van der Waals surface area contributed by atoms with E-state index in [0.29, 0.717) is 12.3 Å². The molecule has 0 aromatic heterocycles. The predicted octanol–water partition coefficient (Wildman–Crippen LogP) is 5.89. The van der Waals surface area contributed by atoms with Gasteiger partial charge in [0.05, 0.1) is 6.54 Å². The van der Waals surface area contributed by atoms with Crippen molar-refractivity contribution in [2.24, 2.45) is 4.99 Å². The molecule has 0 bridgehead atoms. The summed E-state index contributed by atoms with van der Waals surface area (Å²) in [6, 6.07) is 18.1. The monoisotopic (exact) mass is 429 g/mol. The Kier molecular flexibility index (Phi) is 6.90. The number of amides is 1. The van der Waals surface area contributed by atoms with E-state index in [4.69, 9.17) is 15.0 Å². The largest absolute Gasteiger partial charge is 0.479 e. The smallest absolute Gasteiger partial charge is 0.256 e. The van der Waals surface area contributed by atoms with Crippen LogP contribution in [0.2, 0.25) is 0 Å². The Hall–Kier alpha value is -3.13. The van der Waals surface area contributed by atoms with Gasteiger partial charge in [0, 0.05) is 6.42 Å². The lowest BCUT2D eigenvalue weighted by molar-refractivity contribution is -0.132. The first kappa shape index (κ1) is 22.1. The van der Waals surface area contributed by atoms with Gasteiger partial charge >= 0.3 is 0 Å². The molecule has 0 atom stereocenters. The highest BCUT2D eigenvalue weighted by atomic mass is 16.5. The Labute approximate surface area is 190 Å². The molecular weight excluding hydrogens is 398 g/mol. The quantitative estimate of drug-likeness (QED) is 0.525. The number of aliphatic imine (C=N–C) groups is 1. The Morgan fingerprint density at radius 3 is 2.59 bits per heavy atom. The normalized spacial score (nSPS) is 17.3. The standard InChI is InChI=1S/C27H31N3O2/c1-2-3-10-25-29-27(15-5-4-6-16-27)26(31)30(25)20-21-11-13-22(14-12-21)23-8-7-9-24(19-23)32-18-17-28/h7-9,11-14,19H,2-6,10,15-16,18,20H2,1H3. The van der Waals surface area contributed by atoms with E-state index in [0.717, 1.165) is 67.5 Å². The average Bonchev–Trinajstić information content (AvgIpc) is 3.07. The minimum atomic E-state index is -0.495. The van der Waals surface area contributed by atoms with Crippen molar-refractivity contribution in [1.29, 1.82) is 5.26 Å². The number of carbonyl (C=O) groups excluding carboxylic acids is 1. The van der Waals surface area contributed by atoms with Crippen LogP contribution in [0.25, 0.3) is 11.1 Å². The van der Waals surface area contributed by atoms with Gasteiger partial charge in [-0.2, -0.15) is 5.26 Å². The van der Waals surface area contributed by atoms with Crippen LogP contribution in [0.15, 0.2) is 53.5 Å². The van der Waals surface area contributed by atoms with Gasteiger partial charge in [-0.3, -0.25) is 14.7 Å². The van der Waals surface area contributed by atoms with Crippen molar-refractivity contribution in [2.75, 3.05) is 6.61 Å². The zero-order chi connectivity index (χ0) is 22.4. The lowest BCUT2D eigenvalue weighted by Crippen LogP contribution is -2.43. The minimum Gasteiger partial charge on any atom is -0.479 e. The summed E-state index contributed by atoms with van der Waals surface area (Å²) < 4.78 is 5.42. The summed E-state index contributed by atoms with van der Waals surface area (Å²) >= 11 is 0. The zero-order valence-corrected chi connectivity index (χ0v) is 18.8. The molecule has 1 spiro atoms. The Morgan fingerprint density at radius 1 is 1.09 bits per heavy atom. The van der Waals surface area contributed by atoms with Crippen LogP contribution in [0.1, 0.15) is 63.9 Å². The second-order valence-electron chi connectivity index (χ2n) is 8.79. The number of unbranched alkanes of at least 4 members (excludes halogenated alkanes) is 1. The number of rotatable bonds is 8. The highest BCUT2D eigenvalue weighted by Crippen LogP contribution is 2.38. The molecule has 4 rings (SSSR count). The fourth-order valence-corrected chi connectivity index (χ4v) is 4.74. The van der Waals surface area contributed by atoms with Gasteiger partial charge in [0.15, 0.2) is 6.61 Å². The molecule has 0 radical (unpaired) electrons. The molecular formula is C27H31N3O2. The number of benzene rings is 2. The summed E-state index contributed by atoms with van der Waals surface area (Å²) in [5, 5.41) is 8.72. The van der Waals surface area contributed by atoms with E-state index in [1.165, 1.54) is 6.42 Å². The summed E-state index contributed by atoms with van der Waals surface area (Å²) in [6.07, 6.45) is 8.20. The Balaban J connectivity index is 1.50. The number of hydrogen-bond acceptors (Lipinski definition) is 4. The molecule has 0 N–H and O–H groups in total. The van der Waals surface area contributed by atoms with Crippen LogP contribution in [0.4, 0.5) is 0 Å². The van der Waals surface area contributed by atoms with E-state index in [1.807, 2.05) is 35.2 Å². The summed E-state index contributed by atoms with van der Waals surface area (Å²) in [5.41, 5.74) is 2.73. The fourth-order valence-electron chi connectivity index (χ4n) is 4.74. The fraction of sp³-hybridized carbons (Fsp3) is 0.444. The maximum absolute atomic E-state index is 13.4. The van der Waals surface area contributed by atoms with Crippen LogP contribution >= 0.6 is 0 Å². The minimum absolute atomic E-state index is 0.0374. The number of hydrogen-bond donors (Lipinski definition) is 0. The highest BCUT2D eigenvalue weighted by molar-refractivity contribution is 6.08. The van der Waals surface area contributed by atoms with Gasteiger partial charge in [-0.05, 0) is 48.1 Å². The third kappa shape index (κ3) is 4.70. The van der Waals surface area contributed by atoms with Crippen molar-refractivity contribution in [3.8, 4) is 22.9 Å². The molecule has 32 heavy (non-hydrogen) atoms. The van der Waals surface area contributed by atoms with Crippen LogP contribution in [-0.2, 0) is 11.3 Å². The zero-order valence-electron chi connectivity index (χ0n) is 18.8. The van der Waals surface area contributed by atoms with Gasteiger partial charge in [0.2, 0.25) is 0 Å². The maximum Gasteiger partial charge on any atom is 0.256 e. The number of carbonyl (C=O) groups is 1. The number of amidine groups is 1. The van der Waals surface area contributed by atoms with Gasteiger partial charge in [0.25, 0.3) is 5.91 Å². The van der Waals surface area contributed by atoms with E-state index in [9.17, 15) is 4.79 Å². The van der Waals surface area contributed by atoms with Crippen LogP contribution in [0.3, 0.4) is 0 Å². The molecule has 0 unspecified atom stereocenters. The van der Waals surface area contributed by atoms with Crippen LogP contribution < -0.4 is 4.74 Å². The molecule has 5 nitrogen and oxygen atoms in total. The first-order valence-corrected chi connectivity index (χ1v) is 11.7. The van der Waals surface area contributed by atoms with Gasteiger partial charge in [-0.1, -0.05) is 69.0 Å². The molecule has 1 fully saturated rings. The first-order chi connectivity index (χ1) is 15.6. The summed E-state index contributed by atoms with van der Waals surface area (Å²) in [6.45, 7) is 2.79. The Bertz CT molecular complexity index is 1010.